The SMILES string of the molecule is C=C.C=C.C=C1CC23CC(=C)C2CCC3C2CCC3CCCCC3(C)C12. The fourth-order valence-corrected chi connectivity index (χ4v) is 8.52. The summed E-state index contributed by atoms with van der Waals surface area (Å²) in [5.41, 5.74) is 4.47. The van der Waals surface area contributed by atoms with Crippen molar-refractivity contribution in [2.75, 3.05) is 0 Å². The summed E-state index contributed by atoms with van der Waals surface area (Å²) in [6.45, 7) is 23.7. The van der Waals surface area contributed by atoms with E-state index in [1.165, 1.54) is 64.2 Å². The molecule has 0 aromatic carbocycles. The predicted molar refractivity (Wildman–Crippen MR) is 115 cm³/mol. The van der Waals surface area contributed by atoms with Crippen molar-refractivity contribution in [3.05, 3.63) is 50.6 Å². The van der Waals surface area contributed by atoms with E-state index < -0.39 is 0 Å². The molecule has 0 amide bonds. The Balaban J connectivity index is 0.000000461. The second-order valence-electron chi connectivity index (χ2n) is 9.81. The smallest absolute Gasteiger partial charge is 0.0118 e. The zero-order chi connectivity index (χ0) is 19.1. The van der Waals surface area contributed by atoms with Gasteiger partial charge in [0.05, 0.1) is 0 Å². The van der Waals surface area contributed by atoms with Crippen LogP contribution < -0.4 is 0 Å². The number of rotatable bonds is 0. The third kappa shape index (κ3) is 2.47. The summed E-state index contributed by atoms with van der Waals surface area (Å²) in [5, 5.41) is 0. The average Bonchev–Trinajstić information content (AvgIpc) is 2.96. The van der Waals surface area contributed by atoms with Gasteiger partial charge in [0.2, 0.25) is 0 Å². The van der Waals surface area contributed by atoms with Gasteiger partial charge in [-0.05, 0) is 91.8 Å². The molecule has 0 heterocycles. The van der Waals surface area contributed by atoms with E-state index >= 15 is 0 Å². The standard InChI is InChI=1S/C22H32.2C2H4/c1-14-12-22-13-15(2)20-17(19(22)10-9-18(14)22)8-7-16-6-4-5-11-21(16,20)3;2*1-2/h16-20H,1-2,4-13H2,3H3;2*1-2H2. The van der Waals surface area contributed by atoms with Crippen LogP contribution in [0.2, 0.25) is 0 Å². The molecule has 0 aromatic heterocycles. The fourth-order valence-electron chi connectivity index (χ4n) is 8.52. The van der Waals surface area contributed by atoms with Crippen molar-refractivity contribution in [1.82, 2.24) is 0 Å². The van der Waals surface area contributed by atoms with Crippen LogP contribution in [0, 0.1) is 40.4 Å². The average molecular weight is 353 g/mol. The lowest BCUT2D eigenvalue weighted by Crippen LogP contribution is -2.56. The molecule has 26 heavy (non-hydrogen) atoms. The second kappa shape index (κ2) is 7.17. The fraction of sp³-hybridized carbons (Fsp3) is 0.692. The Kier molecular flexibility index (Phi) is 5.44. The van der Waals surface area contributed by atoms with Gasteiger partial charge in [-0.2, -0.15) is 0 Å². The van der Waals surface area contributed by atoms with Crippen molar-refractivity contribution in [3.63, 3.8) is 0 Å². The van der Waals surface area contributed by atoms with Crippen LogP contribution in [0.1, 0.15) is 71.1 Å². The highest BCUT2D eigenvalue weighted by molar-refractivity contribution is 5.33. The quantitative estimate of drug-likeness (QED) is 0.391. The number of hydrogen-bond donors (Lipinski definition) is 0. The van der Waals surface area contributed by atoms with Crippen LogP contribution >= 0.6 is 0 Å². The van der Waals surface area contributed by atoms with E-state index in [0.29, 0.717) is 10.8 Å². The summed E-state index contributed by atoms with van der Waals surface area (Å²) in [6, 6.07) is 0. The number of hydrogen-bond acceptors (Lipinski definition) is 0. The van der Waals surface area contributed by atoms with Crippen LogP contribution in [0.25, 0.3) is 0 Å². The Bertz CT molecular complexity index is 569. The summed E-state index contributed by atoms with van der Waals surface area (Å²) in [7, 11) is 0. The maximum Gasteiger partial charge on any atom is -0.0118 e. The largest absolute Gasteiger partial charge is 0.106 e. The van der Waals surface area contributed by atoms with Gasteiger partial charge in [0.25, 0.3) is 0 Å². The molecule has 0 aliphatic heterocycles. The Morgan fingerprint density at radius 1 is 0.808 bits per heavy atom. The van der Waals surface area contributed by atoms with Crippen LogP contribution in [-0.2, 0) is 0 Å². The van der Waals surface area contributed by atoms with Crippen LogP contribution in [0.4, 0.5) is 0 Å². The van der Waals surface area contributed by atoms with Crippen molar-refractivity contribution in [1.29, 1.82) is 0 Å². The van der Waals surface area contributed by atoms with E-state index in [1.807, 2.05) is 0 Å². The summed E-state index contributed by atoms with van der Waals surface area (Å²) >= 11 is 0. The molecule has 0 saturated heterocycles. The van der Waals surface area contributed by atoms with Crippen LogP contribution in [0.5, 0.6) is 0 Å². The van der Waals surface area contributed by atoms with Crippen molar-refractivity contribution >= 4 is 0 Å². The lowest BCUT2D eigenvalue weighted by molar-refractivity contribution is -0.0949. The predicted octanol–water partition coefficient (Wildman–Crippen LogP) is 7.75. The summed E-state index contributed by atoms with van der Waals surface area (Å²) in [4.78, 5) is 0. The minimum Gasteiger partial charge on any atom is -0.106 e. The Morgan fingerprint density at radius 3 is 2.19 bits per heavy atom. The lowest BCUT2D eigenvalue weighted by Gasteiger charge is -2.64. The monoisotopic (exact) mass is 352 g/mol. The minimum atomic E-state index is 0.596. The molecular formula is C26H40. The number of fused-ring (bicyclic) bond motifs is 4. The lowest BCUT2D eigenvalue weighted by atomic mass is 9.40. The highest BCUT2D eigenvalue weighted by Gasteiger charge is 2.66. The third-order valence-corrected chi connectivity index (χ3v) is 9.20. The third-order valence-electron chi connectivity index (χ3n) is 9.20. The molecule has 0 nitrogen and oxygen atoms in total. The Hall–Kier alpha value is -1.04. The molecule has 5 rings (SSSR count). The van der Waals surface area contributed by atoms with Crippen LogP contribution in [-0.4, -0.2) is 0 Å². The van der Waals surface area contributed by atoms with E-state index in [1.54, 1.807) is 11.1 Å². The molecule has 5 fully saturated rings. The maximum absolute atomic E-state index is 4.70. The molecule has 0 bridgehead atoms. The van der Waals surface area contributed by atoms with Gasteiger partial charge in [0, 0.05) is 0 Å². The van der Waals surface area contributed by atoms with E-state index in [4.69, 9.17) is 6.58 Å². The first-order valence-electron chi connectivity index (χ1n) is 10.9. The first kappa shape index (κ1) is 19.7. The molecule has 7 unspecified atom stereocenters. The molecule has 5 aliphatic carbocycles. The van der Waals surface area contributed by atoms with Gasteiger partial charge in [-0.3, -0.25) is 0 Å². The summed E-state index contributed by atoms with van der Waals surface area (Å²) in [5.74, 6) is 4.71. The molecule has 0 radical (unpaired) electrons. The Morgan fingerprint density at radius 2 is 1.50 bits per heavy atom. The second-order valence-corrected chi connectivity index (χ2v) is 9.81. The molecule has 5 saturated carbocycles. The molecule has 7 atom stereocenters. The molecule has 1 spiro atoms. The van der Waals surface area contributed by atoms with Gasteiger partial charge in [-0.15, -0.1) is 26.3 Å². The van der Waals surface area contributed by atoms with Crippen molar-refractivity contribution in [3.8, 4) is 0 Å². The van der Waals surface area contributed by atoms with Gasteiger partial charge in [0.1, 0.15) is 0 Å². The van der Waals surface area contributed by atoms with Crippen LogP contribution in [0.3, 0.4) is 0 Å². The van der Waals surface area contributed by atoms with E-state index in [0.717, 1.165) is 29.6 Å². The van der Waals surface area contributed by atoms with E-state index in [2.05, 4.69) is 39.8 Å². The molecule has 0 aromatic rings. The normalized spacial score (nSPS) is 48.1. The molecule has 5 aliphatic rings. The van der Waals surface area contributed by atoms with Crippen LogP contribution in [0.15, 0.2) is 50.6 Å². The van der Waals surface area contributed by atoms with Gasteiger partial charge in [0.15, 0.2) is 0 Å². The molecule has 0 N–H and O–H groups in total. The summed E-state index contributed by atoms with van der Waals surface area (Å²) in [6.07, 6.45) is 14.6. The molecular weight excluding hydrogens is 312 g/mol. The van der Waals surface area contributed by atoms with Crippen molar-refractivity contribution < 1.29 is 0 Å². The van der Waals surface area contributed by atoms with Gasteiger partial charge < -0.3 is 0 Å². The van der Waals surface area contributed by atoms with E-state index in [-0.39, 0.29) is 0 Å². The zero-order valence-corrected chi connectivity index (χ0v) is 17.2. The highest BCUT2D eigenvalue weighted by atomic mass is 14.7. The number of allylic oxidation sites excluding steroid dienone is 2. The van der Waals surface area contributed by atoms with E-state index in [9.17, 15) is 0 Å². The molecule has 0 heteroatoms. The van der Waals surface area contributed by atoms with Gasteiger partial charge in [-0.25, -0.2) is 0 Å². The topological polar surface area (TPSA) is 0 Å². The summed E-state index contributed by atoms with van der Waals surface area (Å²) < 4.78 is 0. The maximum atomic E-state index is 4.70. The minimum absolute atomic E-state index is 0.596. The molecule has 144 valence electrons. The first-order valence-corrected chi connectivity index (χ1v) is 10.9. The highest BCUT2D eigenvalue weighted by Crippen LogP contribution is 2.74. The zero-order valence-electron chi connectivity index (χ0n) is 17.2. The van der Waals surface area contributed by atoms with Crippen molar-refractivity contribution in [2.24, 2.45) is 40.4 Å². The van der Waals surface area contributed by atoms with Gasteiger partial charge >= 0.3 is 0 Å². The van der Waals surface area contributed by atoms with Crippen molar-refractivity contribution in [2.45, 2.75) is 71.1 Å². The Labute approximate surface area is 162 Å². The first-order chi connectivity index (χ1) is 12.6. The van der Waals surface area contributed by atoms with Gasteiger partial charge in [-0.1, -0.05) is 44.1 Å².